The quantitative estimate of drug-likeness (QED) is 0.866. The van der Waals surface area contributed by atoms with Crippen LogP contribution in [0.2, 0.25) is 0 Å². The first-order valence-corrected chi connectivity index (χ1v) is 8.06. The highest BCUT2D eigenvalue weighted by atomic mass is 16.6. The maximum Gasteiger partial charge on any atom is 0.0956 e. The molecule has 2 aliphatic rings. The minimum Gasteiger partial charge on any atom is -0.399 e. The van der Waals surface area contributed by atoms with Gasteiger partial charge in [-0.1, -0.05) is 13.0 Å². The zero-order valence-corrected chi connectivity index (χ0v) is 12.9. The predicted octanol–water partition coefficient (Wildman–Crippen LogP) is 2.82. The van der Waals surface area contributed by atoms with Gasteiger partial charge >= 0.3 is 0 Å². The topological polar surface area (TPSA) is 47.7 Å². The van der Waals surface area contributed by atoms with Crippen molar-refractivity contribution in [3.8, 4) is 0 Å². The second-order valence-corrected chi connectivity index (χ2v) is 6.27. The van der Waals surface area contributed by atoms with E-state index in [2.05, 4.69) is 24.0 Å². The molecular formula is C17H26N2O2. The molecule has 2 saturated heterocycles. The van der Waals surface area contributed by atoms with E-state index in [0.29, 0.717) is 6.04 Å². The number of ether oxygens (including phenoxy) is 2. The second-order valence-electron chi connectivity index (χ2n) is 6.27. The number of nitrogens with two attached hydrogens (primary N) is 1. The lowest BCUT2D eigenvalue weighted by Crippen LogP contribution is -2.49. The summed E-state index contributed by atoms with van der Waals surface area (Å²) in [4.78, 5) is 2.51. The van der Waals surface area contributed by atoms with Gasteiger partial charge in [0.2, 0.25) is 0 Å². The van der Waals surface area contributed by atoms with Gasteiger partial charge in [-0.15, -0.1) is 0 Å². The zero-order chi connectivity index (χ0) is 14.7. The lowest BCUT2D eigenvalue weighted by molar-refractivity contribution is -0.0859. The van der Waals surface area contributed by atoms with Crippen LogP contribution in [0.1, 0.15) is 32.6 Å². The van der Waals surface area contributed by atoms with Gasteiger partial charge in [0.25, 0.3) is 0 Å². The van der Waals surface area contributed by atoms with Gasteiger partial charge in [0.1, 0.15) is 0 Å². The fourth-order valence-corrected chi connectivity index (χ4v) is 3.60. The first-order valence-electron chi connectivity index (χ1n) is 8.06. The lowest BCUT2D eigenvalue weighted by Gasteiger charge is -2.43. The molecule has 0 bridgehead atoms. The van der Waals surface area contributed by atoms with Gasteiger partial charge in [-0.2, -0.15) is 0 Å². The smallest absolute Gasteiger partial charge is 0.0956 e. The van der Waals surface area contributed by atoms with E-state index >= 15 is 0 Å². The molecule has 4 heteroatoms. The monoisotopic (exact) mass is 290 g/mol. The molecule has 0 radical (unpaired) electrons. The van der Waals surface area contributed by atoms with Crippen molar-refractivity contribution >= 4 is 11.4 Å². The van der Waals surface area contributed by atoms with Crippen LogP contribution in [-0.2, 0) is 9.47 Å². The summed E-state index contributed by atoms with van der Waals surface area (Å²) < 4.78 is 11.7. The third-order valence-electron chi connectivity index (χ3n) is 4.64. The van der Waals surface area contributed by atoms with Gasteiger partial charge in [0, 0.05) is 43.6 Å². The molecule has 2 heterocycles. The van der Waals surface area contributed by atoms with Crippen LogP contribution in [-0.4, -0.2) is 38.0 Å². The van der Waals surface area contributed by atoms with Crippen molar-refractivity contribution in [1.82, 2.24) is 0 Å². The number of rotatable bonds is 4. The Labute approximate surface area is 127 Å². The molecule has 4 nitrogen and oxygen atoms in total. The molecule has 21 heavy (non-hydrogen) atoms. The molecule has 3 rings (SSSR count). The standard InChI is InChI=1S/C17H26N2O2/c1-2-8-19(15-5-3-4-14(18)11-15)16-6-9-21-17(12-16)7-10-20-13-17/h3-5,11,16H,2,6-10,12-13,18H2,1H3. The third kappa shape index (κ3) is 3.16. The fourth-order valence-electron chi connectivity index (χ4n) is 3.60. The molecule has 1 aromatic carbocycles. The van der Waals surface area contributed by atoms with Crippen LogP contribution in [0.15, 0.2) is 24.3 Å². The van der Waals surface area contributed by atoms with Crippen LogP contribution in [0, 0.1) is 0 Å². The molecule has 1 aromatic rings. The van der Waals surface area contributed by atoms with Crippen LogP contribution in [0.4, 0.5) is 11.4 Å². The summed E-state index contributed by atoms with van der Waals surface area (Å²) in [7, 11) is 0. The minimum absolute atomic E-state index is 0.0464. The summed E-state index contributed by atoms with van der Waals surface area (Å²) in [5.41, 5.74) is 7.99. The maximum atomic E-state index is 6.07. The van der Waals surface area contributed by atoms with Crippen molar-refractivity contribution in [2.24, 2.45) is 0 Å². The average molecular weight is 290 g/mol. The lowest BCUT2D eigenvalue weighted by atomic mass is 9.88. The van der Waals surface area contributed by atoms with Gasteiger partial charge in [0.05, 0.1) is 12.2 Å². The van der Waals surface area contributed by atoms with Crippen molar-refractivity contribution in [1.29, 1.82) is 0 Å². The summed E-state index contributed by atoms with van der Waals surface area (Å²) >= 11 is 0. The predicted molar refractivity (Wildman–Crippen MR) is 85.6 cm³/mol. The highest BCUT2D eigenvalue weighted by Crippen LogP contribution is 2.36. The van der Waals surface area contributed by atoms with Gasteiger partial charge in [-0.25, -0.2) is 0 Å². The Hall–Kier alpha value is -1.26. The van der Waals surface area contributed by atoms with Gasteiger partial charge in [-0.05, 0) is 37.5 Å². The van der Waals surface area contributed by atoms with Gasteiger partial charge in [-0.3, -0.25) is 0 Å². The highest BCUT2D eigenvalue weighted by molar-refractivity contribution is 5.56. The Kier molecular flexibility index (Phi) is 4.36. The Morgan fingerprint density at radius 2 is 2.29 bits per heavy atom. The third-order valence-corrected chi connectivity index (χ3v) is 4.64. The van der Waals surface area contributed by atoms with E-state index in [1.54, 1.807) is 0 Å². The SMILES string of the molecule is CCCN(c1cccc(N)c1)C1CCOC2(CCOC2)C1. The van der Waals surface area contributed by atoms with E-state index < -0.39 is 0 Å². The number of anilines is 2. The summed E-state index contributed by atoms with van der Waals surface area (Å²) in [5.74, 6) is 0. The number of hydrogen-bond acceptors (Lipinski definition) is 4. The summed E-state index contributed by atoms with van der Waals surface area (Å²) in [5, 5.41) is 0. The van der Waals surface area contributed by atoms with Crippen LogP contribution in [0.3, 0.4) is 0 Å². The van der Waals surface area contributed by atoms with E-state index in [1.165, 1.54) is 5.69 Å². The van der Waals surface area contributed by atoms with E-state index in [0.717, 1.165) is 57.7 Å². The largest absolute Gasteiger partial charge is 0.399 e. The average Bonchev–Trinajstić information content (AvgIpc) is 2.92. The molecule has 0 amide bonds. The molecule has 2 aliphatic heterocycles. The first kappa shape index (κ1) is 14.7. The van der Waals surface area contributed by atoms with Crippen LogP contribution in [0.25, 0.3) is 0 Å². The number of nitrogens with zero attached hydrogens (tertiary/aromatic N) is 1. The van der Waals surface area contributed by atoms with E-state index in [9.17, 15) is 0 Å². The van der Waals surface area contributed by atoms with Crippen LogP contribution in [0.5, 0.6) is 0 Å². The van der Waals surface area contributed by atoms with Gasteiger partial charge < -0.3 is 20.1 Å². The number of hydrogen-bond donors (Lipinski definition) is 1. The van der Waals surface area contributed by atoms with Crippen molar-refractivity contribution in [2.75, 3.05) is 37.0 Å². The Bertz CT molecular complexity index is 472. The molecule has 1 spiro atoms. The molecule has 2 atom stereocenters. The molecule has 0 aliphatic carbocycles. The van der Waals surface area contributed by atoms with E-state index in [1.807, 2.05) is 12.1 Å². The molecule has 0 saturated carbocycles. The Morgan fingerprint density at radius 3 is 3.00 bits per heavy atom. The second kappa shape index (κ2) is 6.24. The summed E-state index contributed by atoms with van der Waals surface area (Å²) in [6.07, 6.45) is 4.30. The summed E-state index contributed by atoms with van der Waals surface area (Å²) in [6, 6.07) is 8.76. The number of benzene rings is 1. The zero-order valence-electron chi connectivity index (χ0n) is 12.9. The van der Waals surface area contributed by atoms with E-state index in [4.69, 9.17) is 15.2 Å². The highest BCUT2D eigenvalue weighted by Gasteiger charge is 2.42. The normalized spacial score (nSPS) is 28.9. The van der Waals surface area contributed by atoms with Gasteiger partial charge in [0.15, 0.2) is 0 Å². The molecular weight excluding hydrogens is 264 g/mol. The molecule has 2 N–H and O–H groups in total. The molecule has 2 unspecified atom stereocenters. The molecule has 2 fully saturated rings. The minimum atomic E-state index is -0.0464. The Balaban J connectivity index is 1.80. The number of nitrogen functional groups attached to an aromatic ring is 1. The Morgan fingerprint density at radius 1 is 1.38 bits per heavy atom. The van der Waals surface area contributed by atoms with E-state index in [-0.39, 0.29) is 5.60 Å². The fraction of sp³-hybridized carbons (Fsp3) is 0.647. The molecule has 0 aromatic heterocycles. The first-order chi connectivity index (χ1) is 10.2. The van der Waals surface area contributed by atoms with Crippen LogP contribution < -0.4 is 10.6 Å². The maximum absolute atomic E-state index is 6.07. The summed E-state index contributed by atoms with van der Waals surface area (Å²) in [6.45, 7) is 5.70. The molecule has 116 valence electrons. The van der Waals surface area contributed by atoms with Crippen molar-refractivity contribution < 1.29 is 9.47 Å². The van der Waals surface area contributed by atoms with Crippen LogP contribution >= 0.6 is 0 Å². The van der Waals surface area contributed by atoms with Crippen molar-refractivity contribution in [3.63, 3.8) is 0 Å². The van der Waals surface area contributed by atoms with Crippen molar-refractivity contribution in [3.05, 3.63) is 24.3 Å². The van der Waals surface area contributed by atoms with Crippen molar-refractivity contribution in [2.45, 2.75) is 44.2 Å².